The van der Waals surface area contributed by atoms with Gasteiger partial charge in [0, 0.05) is 13.0 Å². The van der Waals surface area contributed by atoms with Crippen LogP contribution in [0.5, 0.6) is 0 Å². The summed E-state index contributed by atoms with van der Waals surface area (Å²) in [6.45, 7) is 0.644. The number of carbonyl (C=O) groups excluding carboxylic acids is 4. The van der Waals surface area contributed by atoms with Crippen LogP contribution in [-0.2, 0) is 24.0 Å². The van der Waals surface area contributed by atoms with E-state index in [9.17, 15) is 29.1 Å². The fourth-order valence-electron chi connectivity index (χ4n) is 3.28. The number of thioether (sulfide) groups is 1. The number of amides is 4. The van der Waals surface area contributed by atoms with Gasteiger partial charge in [-0.1, -0.05) is 6.42 Å². The van der Waals surface area contributed by atoms with E-state index in [1.807, 2.05) is 0 Å². The SMILES string of the molecule is CSCCC(NC(=O)C(CCC(N)=O)NC(=O)C(CCCN=C(N)N)NC(=O)C(N)CCCCN)C(=O)O. The first-order chi connectivity index (χ1) is 17.9. The zero-order valence-corrected chi connectivity index (χ0v) is 22.6. The van der Waals surface area contributed by atoms with Crippen molar-refractivity contribution < 1.29 is 29.1 Å². The summed E-state index contributed by atoms with van der Waals surface area (Å²) < 4.78 is 0. The van der Waals surface area contributed by atoms with Crippen LogP contribution in [0.15, 0.2) is 4.99 Å². The van der Waals surface area contributed by atoms with Crippen molar-refractivity contribution in [2.45, 2.75) is 75.5 Å². The number of hydrogen-bond donors (Lipinski definition) is 9. The van der Waals surface area contributed by atoms with Crippen LogP contribution in [0.25, 0.3) is 0 Å². The number of nitrogens with two attached hydrogens (primary N) is 5. The minimum atomic E-state index is -1.28. The van der Waals surface area contributed by atoms with Crippen LogP contribution >= 0.6 is 11.8 Å². The molecule has 4 unspecified atom stereocenters. The van der Waals surface area contributed by atoms with E-state index in [0.717, 1.165) is 0 Å². The summed E-state index contributed by atoms with van der Waals surface area (Å²) >= 11 is 1.41. The van der Waals surface area contributed by atoms with Gasteiger partial charge in [-0.15, -0.1) is 0 Å². The number of unbranched alkanes of at least 4 members (excludes halogenated alkanes) is 1. The monoisotopic (exact) mass is 561 g/mol. The van der Waals surface area contributed by atoms with Crippen molar-refractivity contribution in [3.8, 4) is 0 Å². The summed E-state index contributed by atoms with van der Waals surface area (Å²) in [6, 6.07) is -4.45. The Morgan fingerprint density at radius 3 is 1.92 bits per heavy atom. The molecule has 0 fully saturated rings. The molecule has 0 aliphatic heterocycles. The lowest BCUT2D eigenvalue weighted by molar-refractivity contribution is -0.142. The van der Waals surface area contributed by atoms with Crippen molar-refractivity contribution in [1.29, 1.82) is 0 Å². The van der Waals surface area contributed by atoms with E-state index in [1.165, 1.54) is 11.8 Å². The highest BCUT2D eigenvalue weighted by Crippen LogP contribution is 2.07. The zero-order chi connectivity index (χ0) is 29.1. The largest absolute Gasteiger partial charge is 0.480 e. The third-order valence-electron chi connectivity index (χ3n) is 5.42. The van der Waals surface area contributed by atoms with Gasteiger partial charge in [-0.25, -0.2) is 4.79 Å². The normalized spacial score (nSPS) is 13.9. The van der Waals surface area contributed by atoms with Crippen LogP contribution in [-0.4, -0.2) is 89.9 Å². The highest BCUT2D eigenvalue weighted by molar-refractivity contribution is 7.98. The van der Waals surface area contributed by atoms with Crippen molar-refractivity contribution in [3.05, 3.63) is 0 Å². The molecule has 0 radical (unpaired) electrons. The van der Waals surface area contributed by atoms with Crippen molar-refractivity contribution in [3.63, 3.8) is 0 Å². The van der Waals surface area contributed by atoms with Gasteiger partial charge in [-0.05, 0) is 57.1 Å². The maximum Gasteiger partial charge on any atom is 0.326 e. The van der Waals surface area contributed by atoms with Gasteiger partial charge in [-0.2, -0.15) is 11.8 Å². The Bertz CT molecular complexity index is 810. The van der Waals surface area contributed by atoms with Gasteiger partial charge in [0.15, 0.2) is 5.96 Å². The maximum absolute atomic E-state index is 13.2. The molecule has 16 heteroatoms. The number of nitrogens with zero attached hydrogens (tertiary/aromatic N) is 1. The molecule has 4 atom stereocenters. The average molecular weight is 562 g/mol. The second-order valence-electron chi connectivity index (χ2n) is 8.65. The number of aliphatic imine (C=N–C) groups is 1. The van der Waals surface area contributed by atoms with Crippen molar-refractivity contribution >= 4 is 47.3 Å². The Kier molecular flexibility index (Phi) is 18.3. The first-order valence-corrected chi connectivity index (χ1v) is 13.7. The van der Waals surface area contributed by atoms with Gasteiger partial charge >= 0.3 is 5.97 Å². The molecule has 218 valence electrons. The van der Waals surface area contributed by atoms with Crippen molar-refractivity contribution in [1.82, 2.24) is 16.0 Å². The third-order valence-corrected chi connectivity index (χ3v) is 6.07. The standard InChI is InChI=1S/C22H43N9O6S/c1-38-12-9-16(21(36)37)31-20(35)15(7-8-17(25)32)30-19(34)14(6-4-11-28-22(26)27)29-18(33)13(24)5-2-3-10-23/h13-16H,2-12,23-24H2,1H3,(H2,25,32)(H,29,33)(H,30,34)(H,31,35)(H,36,37)(H4,26,27,28). The van der Waals surface area contributed by atoms with Crippen molar-refractivity contribution in [2.75, 3.05) is 25.1 Å². The minimum Gasteiger partial charge on any atom is -0.480 e. The molecule has 0 aromatic rings. The first kappa shape index (κ1) is 34.9. The van der Waals surface area contributed by atoms with Gasteiger partial charge in [0.1, 0.15) is 18.1 Å². The van der Waals surface area contributed by atoms with E-state index < -0.39 is 53.8 Å². The molecule has 4 amide bonds. The number of hydrogen-bond acceptors (Lipinski definition) is 9. The smallest absolute Gasteiger partial charge is 0.326 e. The van der Waals surface area contributed by atoms with E-state index >= 15 is 0 Å². The van der Waals surface area contributed by atoms with Gasteiger partial charge in [-0.3, -0.25) is 24.2 Å². The molecule has 0 bridgehead atoms. The fraction of sp³-hybridized carbons (Fsp3) is 0.727. The molecule has 0 aromatic heterocycles. The predicted octanol–water partition coefficient (Wildman–Crippen LogP) is -2.95. The molecule has 15 nitrogen and oxygen atoms in total. The number of guanidine groups is 1. The van der Waals surface area contributed by atoms with Crippen LogP contribution in [0.2, 0.25) is 0 Å². The van der Waals surface area contributed by atoms with E-state index in [-0.39, 0.29) is 38.2 Å². The topological polar surface area (TPSA) is 284 Å². The lowest BCUT2D eigenvalue weighted by atomic mass is 10.0. The average Bonchev–Trinajstić information content (AvgIpc) is 2.85. The van der Waals surface area contributed by atoms with Gasteiger partial charge in [0.25, 0.3) is 0 Å². The molecular formula is C22H43N9O6S. The van der Waals surface area contributed by atoms with E-state index in [4.69, 9.17) is 28.7 Å². The summed E-state index contributed by atoms with van der Waals surface area (Å²) in [5.41, 5.74) is 27.3. The number of carbonyl (C=O) groups is 5. The summed E-state index contributed by atoms with van der Waals surface area (Å²) in [7, 11) is 0. The molecule has 0 aliphatic rings. The molecule has 14 N–H and O–H groups in total. The highest BCUT2D eigenvalue weighted by Gasteiger charge is 2.30. The minimum absolute atomic E-state index is 0.111. The van der Waals surface area contributed by atoms with Crippen LogP contribution in [0, 0.1) is 0 Å². The quantitative estimate of drug-likeness (QED) is 0.0388. The summed E-state index contributed by atoms with van der Waals surface area (Å²) in [4.78, 5) is 65.4. The van der Waals surface area contributed by atoms with Crippen LogP contribution in [0.4, 0.5) is 0 Å². The van der Waals surface area contributed by atoms with Crippen LogP contribution < -0.4 is 44.6 Å². The number of carboxylic acid groups (broad SMARTS) is 1. The molecule has 0 saturated carbocycles. The lowest BCUT2D eigenvalue weighted by Gasteiger charge is -2.25. The number of carboxylic acids is 1. The molecule has 0 rings (SSSR count). The number of aliphatic carboxylic acids is 1. The summed E-state index contributed by atoms with van der Waals surface area (Å²) in [6.07, 6.45) is 3.64. The zero-order valence-electron chi connectivity index (χ0n) is 21.8. The second kappa shape index (κ2) is 19.9. The number of rotatable bonds is 21. The Morgan fingerprint density at radius 1 is 0.816 bits per heavy atom. The summed E-state index contributed by atoms with van der Waals surface area (Å²) in [5.74, 6) is -3.68. The Hall–Kier alpha value is -3.11. The molecule has 0 aromatic carbocycles. The molecule has 38 heavy (non-hydrogen) atoms. The fourth-order valence-corrected chi connectivity index (χ4v) is 3.76. The first-order valence-electron chi connectivity index (χ1n) is 12.3. The van der Waals surface area contributed by atoms with E-state index in [2.05, 4.69) is 20.9 Å². The van der Waals surface area contributed by atoms with Gasteiger partial charge in [0.2, 0.25) is 23.6 Å². The number of primary amides is 1. The predicted molar refractivity (Wildman–Crippen MR) is 146 cm³/mol. The second-order valence-corrected chi connectivity index (χ2v) is 9.63. The highest BCUT2D eigenvalue weighted by atomic mass is 32.2. The van der Waals surface area contributed by atoms with Crippen LogP contribution in [0.1, 0.15) is 51.4 Å². The Morgan fingerprint density at radius 2 is 1.39 bits per heavy atom. The molecule has 0 aliphatic carbocycles. The van der Waals surface area contributed by atoms with Crippen molar-refractivity contribution in [2.24, 2.45) is 33.7 Å². The molecule has 0 spiro atoms. The molecular weight excluding hydrogens is 518 g/mol. The van der Waals surface area contributed by atoms with E-state index in [0.29, 0.717) is 38.0 Å². The van der Waals surface area contributed by atoms with Crippen LogP contribution in [0.3, 0.4) is 0 Å². The summed E-state index contributed by atoms with van der Waals surface area (Å²) in [5, 5.41) is 16.9. The van der Waals surface area contributed by atoms with Gasteiger partial charge in [0.05, 0.1) is 6.04 Å². The molecule has 0 heterocycles. The van der Waals surface area contributed by atoms with Gasteiger partial charge < -0.3 is 49.7 Å². The Balaban J connectivity index is 5.61. The maximum atomic E-state index is 13.2. The molecule has 0 saturated heterocycles. The lowest BCUT2D eigenvalue weighted by Crippen LogP contribution is -2.57. The van der Waals surface area contributed by atoms with E-state index in [1.54, 1.807) is 6.26 Å². The number of nitrogens with one attached hydrogen (secondary N) is 3. The Labute approximate surface area is 226 Å². The third kappa shape index (κ3) is 15.9.